The zero-order valence-electron chi connectivity index (χ0n) is 46.2. The summed E-state index contributed by atoms with van der Waals surface area (Å²) in [6.07, 6.45) is 8.91. The van der Waals surface area contributed by atoms with Gasteiger partial charge in [0.2, 0.25) is 23.7 Å². The van der Waals surface area contributed by atoms with Crippen molar-refractivity contribution in [3.8, 4) is 11.4 Å². The summed E-state index contributed by atoms with van der Waals surface area (Å²) in [5.74, 6) is 0.397. The van der Waals surface area contributed by atoms with E-state index >= 15 is 0 Å². The first-order chi connectivity index (χ1) is 37.8. The SMILES string of the molecule is CNC(C)C(=O)NC(C(=O)N1C[C@@H](NC(=O)c2cnc(N3CCN(CCOc4cc5ncnc(Nc6n[nH]c(C)c6C)c5cc4S(=O)(=O)C(C)(C)C)CC3)nc2)C[C@H]1C(=O)Nc1cc(C)nn1-c1ccccc1)C1CCCCC1. The highest BCUT2D eigenvalue weighted by molar-refractivity contribution is 7.92. The van der Waals surface area contributed by atoms with Crippen LogP contribution in [0.4, 0.5) is 23.4 Å². The third kappa shape index (κ3) is 12.5. The lowest BCUT2D eigenvalue weighted by Crippen LogP contribution is -2.57. The Balaban J connectivity index is 0.841. The predicted octanol–water partition coefficient (Wildman–Crippen LogP) is 4.78. The Morgan fingerprint density at radius 2 is 1.62 bits per heavy atom. The van der Waals surface area contributed by atoms with Crippen LogP contribution in [0.3, 0.4) is 0 Å². The van der Waals surface area contributed by atoms with Crippen LogP contribution >= 0.6 is 0 Å². The molecule has 79 heavy (non-hydrogen) atoms. The van der Waals surface area contributed by atoms with Crippen LogP contribution in [0.5, 0.6) is 5.75 Å². The molecular weight excluding hydrogens is 1030 g/mol. The summed E-state index contributed by atoms with van der Waals surface area (Å²) in [5.41, 5.74) is 3.95. The molecule has 0 spiro atoms. The number of carbonyl (C=O) groups is 4. The number of rotatable bonds is 18. The minimum Gasteiger partial charge on any atom is -0.491 e. The molecule has 0 bridgehead atoms. The van der Waals surface area contributed by atoms with Gasteiger partial charge < -0.3 is 41.1 Å². The molecule has 2 aliphatic heterocycles. The second-order valence-electron chi connectivity index (χ2n) is 21.8. The van der Waals surface area contributed by atoms with Crippen molar-refractivity contribution in [3.63, 3.8) is 0 Å². The largest absolute Gasteiger partial charge is 0.491 e. The molecular formula is C55H72N16O7S. The number of hydrogen-bond acceptors (Lipinski definition) is 17. The maximum atomic E-state index is 14.9. The van der Waals surface area contributed by atoms with Crippen molar-refractivity contribution in [1.82, 2.24) is 65.7 Å². The zero-order valence-corrected chi connectivity index (χ0v) is 47.0. The number of aromatic amines is 1. The number of likely N-dealkylation sites (N-methyl/N-ethyl adjacent to an activating group) is 1. The van der Waals surface area contributed by atoms with Gasteiger partial charge in [-0.05, 0) is 98.9 Å². The van der Waals surface area contributed by atoms with E-state index in [9.17, 15) is 27.6 Å². The van der Waals surface area contributed by atoms with Crippen molar-refractivity contribution in [2.75, 3.05) is 68.5 Å². The van der Waals surface area contributed by atoms with Gasteiger partial charge in [-0.2, -0.15) is 10.2 Å². The summed E-state index contributed by atoms with van der Waals surface area (Å²) < 4.78 is 34.9. The molecule has 9 rings (SSSR count). The number of piperazine rings is 1. The number of amides is 4. The Morgan fingerprint density at radius 3 is 2.29 bits per heavy atom. The molecule has 2 saturated heterocycles. The van der Waals surface area contributed by atoms with Crippen molar-refractivity contribution in [1.29, 1.82) is 0 Å². The van der Waals surface area contributed by atoms with Gasteiger partial charge in [-0.25, -0.2) is 33.0 Å². The lowest BCUT2D eigenvalue weighted by molar-refractivity contribution is -0.142. The van der Waals surface area contributed by atoms with Crippen LogP contribution in [-0.4, -0.2) is 164 Å². The molecule has 2 aromatic carbocycles. The highest BCUT2D eigenvalue weighted by Crippen LogP contribution is 2.38. The number of H-pyrrole nitrogens is 1. The van der Waals surface area contributed by atoms with Crippen LogP contribution in [0, 0.1) is 26.7 Å². The zero-order chi connectivity index (χ0) is 56.2. The number of fused-ring (bicyclic) bond motifs is 1. The van der Waals surface area contributed by atoms with E-state index < -0.39 is 50.6 Å². The first kappa shape index (κ1) is 56.2. The number of nitrogens with one attached hydrogen (secondary N) is 6. The number of aromatic nitrogens is 8. The number of nitrogens with zero attached hydrogens (tertiary/aromatic N) is 10. The van der Waals surface area contributed by atoms with E-state index in [1.807, 2.05) is 56.0 Å². The highest BCUT2D eigenvalue weighted by Gasteiger charge is 2.45. The number of benzene rings is 2. The van der Waals surface area contributed by atoms with Gasteiger partial charge in [0.05, 0.1) is 33.3 Å². The molecule has 4 atom stereocenters. The summed E-state index contributed by atoms with van der Waals surface area (Å²) in [5, 5.41) is 27.7. The molecule has 6 aromatic rings. The molecule has 3 fully saturated rings. The minimum atomic E-state index is -3.88. The van der Waals surface area contributed by atoms with Crippen molar-refractivity contribution in [2.24, 2.45) is 5.92 Å². The lowest BCUT2D eigenvalue weighted by Gasteiger charge is -2.35. The molecule has 2 unspecified atom stereocenters. The van der Waals surface area contributed by atoms with E-state index in [1.54, 1.807) is 57.6 Å². The van der Waals surface area contributed by atoms with Crippen molar-refractivity contribution >= 4 is 67.8 Å². The smallest absolute Gasteiger partial charge is 0.254 e. The van der Waals surface area contributed by atoms with Gasteiger partial charge in [0, 0.05) is 86.5 Å². The molecule has 4 aromatic heterocycles. The van der Waals surface area contributed by atoms with Gasteiger partial charge in [-0.15, -0.1) is 0 Å². The fraction of sp³-hybridized carbons (Fsp3) is 0.491. The minimum absolute atomic E-state index is 0.0359. The Morgan fingerprint density at radius 1 is 0.899 bits per heavy atom. The number of aryl methyl sites for hydroxylation is 2. The standard InChI is InChI=1S/C55H72N16O7S/c1-33-25-46(71(67-33)40-17-13-10-14-18-40)62-52(74)43-26-39(31-70(43)53(75)47(37-15-11-9-12-16-37)63-50(72)36(4)56-8)61-51(73)38-29-57-54(58-30-38)69-21-19-68(20-22-69)23-24-78-44-28-42-41(27-45(44)79(76,77)55(5,6)7)49(60-32-59-42)64-48-34(2)35(3)65-66-48/h10,13-14,17-18,25,27-30,32,36-37,39,43,47,56H,9,11-12,15-16,19-24,26,31H2,1-8H3,(H,61,73)(H,62,74)(H,63,72)(H2,59,60,64,65,66)/t36?,39-,43-,47?/m0/s1. The molecule has 3 aliphatic rings. The molecule has 4 amide bonds. The topological polar surface area (TPSA) is 280 Å². The fourth-order valence-electron chi connectivity index (χ4n) is 10.3. The first-order valence-electron chi connectivity index (χ1n) is 27.1. The Kier molecular flexibility index (Phi) is 16.9. The summed E-state index contributed by atoms with van der Waals surface area (Å²) >= 11 is 0. The van der Waals surface area contributed by atoms with E-state index in [1.165, 1.54) is 23.6 Å². The molecule has 420 valence electrons. The van der Waals surface area contributed by atoms with E-state index in [2.05, 4.69) is 66.7 Å². The molecule has 6 N–H and O–H groups in total. The fourth-order valence-corrected chi connectivity index (χ4v) is 11.6. The molecule has 6 heterocycles. The molecule has 24 heteroatoms. The number of para-hydroxylation sites is 1. The van der Waals surface area contributed by atoms with Crippen LogP contribution in [0.25, 0.3) is 16.6 Å². The van der Waals surface area contributed by atoms with E-state index in [0.717, 1.165) is 49.0 Å². The molecule has 1 saturated carbocycles. The van der Waals surface area contributed by atoms with Crippen molar-refractivity contribution in [3.05, 3.63) is 89.8 Å². The van der Waals surface area contributed by atoms with Gasteiger partial charge in [-0.3, -0.25) is 29.2 Å². The average Bonchev–Trinajstić information content (AvgIpc) is 4.28. The maximum Gasteiger partial charge on any atom is 0.254 e. The van der Waals surface area contributed by atoms with E-state index in [-0.39, 0.29) is 53.5 Å². The number of likely N-dealkylation sites (tertiary alicyclic amines) is 1. The quantitative estimate of drug-likeness (QED) is 0.0675. The van der Waals surface area contributed by atoms with E-state index in [4.69, 9.17) is 4.74 Å². The van der Waals surface area contributed by atoms with E-state index in [0.29, 0.717) is 72.7 Å². The highest BCUT2D eigenvalue weighted by atomic mass is 32.2. The number of carbonyl (C=O) groups excluding carboxylic acids is 4. The first-order valence-corrected chi connectivity index (χ1v) is 28.5. The Hall–Kier alpha value is -7.57. The lowest BCUT2D eigenvalue weighted by atomic mass is 9.83. The Bertz CT molecular complexity index is 3280. The normalized spacial score (nSPS) is 18.3. The second-order valence-corrected chi connectivity index (χ2v) is 24.4. The van der Waals surface area contributed by atoms with Gasteiger partial charge in [0.15, 0.2) is 15.7 Å². The van der Waals surface area contributed by atoms with Gasteiger partial charge in [0.25, 0.3) is 5.91 Å². The second kappa shape index (κ2) is 23.8. The summed E-state index contributed by atoms with van der Waals surface area (Å²) in [4.78, 5) is 80.5. The molecule has 1 aliphatic carbocycles. The third-order valence-electron chi connectivity index (χ3n) is 15.3. The number of sulfone groups is 1. The summed E-state index contributed by atoms with van der Waals surface area (Å²) in [6.45, 7) is 15.6. The number of anilines is 4. The predicted molar refractivity (Wildman–Crippen MR) is 299 cm³/mol. The summed E-state index contributed by atoms with van der Waals surface area (Å²) in [7, 11) is -2.19. The van der Waals surface area contributed by atoms with Crippen LogP contribution in [0.1, 0.15) is 93.5 Å². The van der Waals surface area contributed by atoms with Crippen LogP contribution < -0.4 is 36.2 Å². The van der Waals surface area contributed by atoms with Gasteiger partial charge >= 0.3 is 0 Å². The number of ether oxygens (including phenoxy) is 1. The van der Waals surface area contributed by atoms with Gasteiger partial charge in [0.1, 0.15) is 47.3 Å². The molecule has 0 radical (unpaired) electrons. The maximum absolute atomic E-state index is 14.9. The summed E-state index contributed by atoms with van der Waals surface area (Å²) in [6, 6.07) is 11.4. The monoisotopic (exact) mass is 1100 g/mol. The van der Waals surface area contributed by atoms with Crippen molar-refractivity contribution < 1.29 is 32.3 Å². The van der Waals surface area contributed by atoms with Gasteiger partial charge in [-0.1, -0.05) is 37.5 Å². The van der Waals surface area contributed by atoms with Crippen molar-refractivity contribution in [2.45, 2.75) is 121 Å². The average molecular weight is 1100 g/mol. The van der Waals surface area contributed by atoms with Crippen LogP contribution in [0.15, 0.2) is 72.1 Å². The number of hydrogen-bond donors (Lipinski definition) is 6. The third-order valence-corrected chi connectivity index (χ3v) is 17.8. The van der Waals surface area contributed by atoms with Crippen LogP contribution in [-0.2, 0) is 24.2 Å². The molecule has 23 nitrogen and oxygen atoms in total. The van der Waals surface area contributed by atoms with Crippen LogP contribution in [0.2, 0.25) is 0 Å². The Labute approximate surface area is 460 Å².